The first kappa shape index (κ1) is 23.4. The van der Waals surface area contributed by atoms with Gasteiger partial charge in [0.05, 0.1) is 16.3 Å². The number of sulfonamides is 1. The molecule has 0 spiro atoms. The van der Waals surface area contributed by atoms with Crippen LogP contribution in [-0.4, -0.2) is 65.2 Å². The molecule has 1 aliphatic rings. The van der Waals surface area contributed by atoms with Gasteiger partial charge in [-0.3, -0.25) is 4.79 Å². The lowest BCUT2D eigenvalue weighted by atomic mass is 10.1. The molecule has 0 radical (unpaired) electrons. The van der Waals surface area contributed by atoms with Crippen LogP contribution in [0.25, 0.3) is 22.3 Å². The molecule has 0 aliphatic carbocycles. The highest BCUT2D eigenvalue weighted by molar-refractivity contribution is 7.89. The summed E-state index contributed by atoms with van der Waals surface area (Å²) in [7, 11) is -1.58. The zero-order valence-corrected chi connectivity index (χ0v) is 20.4. The molecule has 1 fully saturated rings. The van der Waals surface area contributed by atoms with Crippen LogP contribution in [0.1, 0.15) is 25.3 Å². The molecule has 174 valence electrons. The molecule has 1 amide bonds. The van der Waals surface area contributed by atoms with Crippen molar-refractivity contribution < 1.29 is 13.2 Å². The van der Waals surface area contributed by atoms with E-state index in [0.717, 1.165) is 21.8 Å². The predicted molar refractivity (Wildman–Crippen MR) is 133 cm³/mol. The van der Waals surface area contributed by atoms with E-state index >= 15 is 0 Å². The third-order valence-corrected chi connectivity index (χ3v) is 8.80. The fourth-order valence-corrected chi connectivity index (χ4v) is 5.78. The Kier molecular flexibility index (Phi) is 7.11. The minimum Gasteiger partial charge on any atom is -0.339 e. The van der Waals surface area contributed by atoms with Gasteiger partial charge in [-0.05, 0) is 49.4 Å². The molecule has 0 N–H and O–H groups in total. The van der Waals surface area contributed by atoms with Gasteiger partial charge in [0.15, 0.2) is 0 Å². The Morgan fingerprint density at radius 1 is 1.18 bits per heavy atom. The minimum atomic E-state index is -3.22. The number of rotatable bonds is 7. The summed E-state index contributed by atoms with van der Waals surface area (Å²) < 4.78 is 27.6. The number of para-hydroxylation sites is 1. The molecule has 3 aromatic rings. The van der Waals surface area contributed by atoms with Gasteiger partial charge in [0, 0.05) is 44.0 Å². The number of hydrogen-bond acceptors (Lipinski definition) is 5. The summed E-state index contributed by atoms with van der Waals surface area (Å²) in [6, 6.07) is 13.8. The predicted octanol–water partition coefficient (Wildman–Crippen LogP) is 3.89. The van der Waals surface area contributed by atoms with E-state index in [-0.39, 0.29) is 17.7 Å². The summed E-state index contributed by atoms with van der Waals surface area (Å²) in [6.07, 6.45) is 6.63. The van der Waals surface area contributed by atoms with Crippen molar-refractivity contribution >= 4 is 33.3 Å². The van der Waals surface area contributed by atoms with E-state index in [0.29, 0.717) is 25.9 Å². The Hall–Kier alpha value is -2.75. The van der Waals surface area contributed by atoms with Crippen molar-refractivity contribution in [3.05, 3.63) is 65.7 Å². The largest absolute Gasteiger partial charge is 0.339 e. The third-order valence-electron chi connectivity index (χ3n) is 6.02. The maximum atomic E-state index is 12.9. The van der Waals surface area contributed by atoms with Crippen LogP contribution in [0.2, 0.25) is 0 Å². The molecule has 2 aromatic heterocycles. The van der Waals surface area contributed by atoms with Crippen molar-refractivity contribution in [2.24, 2.45) is 0 Å². The van der Waals surface area contributed by atoms with Crippen LogP contribution < -0.4 is 0 Å². The highest BCUT2D eigenvalue weighted by atomic mass is 32.2. The lowest BCUT2D eigenvalue weighted by Gasteiger charge is -2.35. The number of thiophene rings is 1. The normalized spacial score (nSPS) is 15.5. The van der Waals surface area contributed by atoms with Crippen molar-refractivity contribution in [2.45, 2.75) is 25.8 Å². The Morgan fingerprint density at radius 2 is 1.91 bits per heavy atom. The highest BCUT2D eigenvalue weighted by Crippen LogP contribution is 2.29. The molecule has 9 heteroatoms. The number of amides is 1. The van der Waals surface area contributed by atoms with Crippen LogP contribution >= 0.6 is 11.3 Å². The average Bonchev–Trinajstić information content (AvgIpc) is 3.53. The minimum absolute atomic E-state index is 0.0579. The molecule has 0 unspecified atom stereocenters. The van der Waals surface area contributed by atoms with Crippen LogP contribution in [0, 0.1) is 0 Å². The number of nitrogens with zero attached hydrogens (tertiary/aromatic N) is 4. The number of benzene rings is 1. The number of hydrogen-bond donors (Lipinski definition) is 0. The van der Waals surface area contributed by atoms with Crippen molar-refractivity contribution in [1.82, 2.24) is 19.0 Å². The van der Waals surface area contributed by atoms with E-state index in [9.17, 15) is 13.2 Å². The Morgan fingerprint density at radius 3 is 2.55 bits per heavy atom. The van der Waals surface area contributed by atoms with Gasteiger partial charge in [0.1, 0.15) is 5.69 Å². The molecule has 4 rings (SSSR count). The van der Waals surface area contributed by atoms with Gasteiger partial charge in [-0.2, -0.15) is 5.10 Å². The zero-order chi connectivity index (χ0) is 23.4. The number of likely N-dealkylation sites (tertiary alicyclic amines) is 1. The van der Waals surface area contributed by atoms with Crippen LogP contribution in [0.5, 0.6) is 0 Å². The van der Waals surface area contributed by atoms with E-state index in [1.807, 2.05) is 64.8 Å². The zero-order valence-electron chi connectivity index (χ0n) is 18.8. The fraction of sp³-hybridized carbons (Fsp3) is 0.333. The molecule has 7 nitrogen and oxygen atoms in total. The SMILES string of the molecule is CCS(=O)(=O)N(C)C1CCN(C(=O)/C=C/c2cn(-c3ccccc3)nc2-c2cccs2)CC1. The molecule has 3 heterocycles. The van der Waals surface area contributed by atoms with Crippen molar-refractivity contribution in [1.29, 1.82) is 0 Å². The van der Waals surface area contributed by atoms with E-state index in [1.54, 1.807) is 36.3 Å². The Labute approximate surface area is 199 Å². The summed E-state index contributed by atoms with van der Waals surface area (Å²) in [5.74, 6) is 0.0216. The van der Waals surface area contributed by atoms with Crippen molar-refractivity contribution in [2.75, 3.05) is 25.9 Å². The van der Waals surface area contributed by atoms with Crippen LogP contribution in [0.3, 0.4) is 0 Å². The van der Waals surface area contributed by atoms with Gasteiger partial charge < -0.3 is 4.90 Å². The molecule has 0 saturated carbocycles. The smallest absolute Gasteiger partial charge is 0.246 e. The van der Waals surface area contributed by atoms with Gasteiger partial charge in [-0.25, -0.2) is 17.4 Å². The molecule has 1 aromatic carbocycles. The van der Waals surface area contributed by atoms with Crippen LogP contribution in [-0.2, 0) is 14.8 Å². The second-order valence-electron chi connectivity index (χ2n) is 8.00. The molecule has 0 bridgehead atoms. The maximum absolute atomic E-state index is 12.9. The fourth-order valence-electron chi connectivity index (χ4n) is 3.97. The van der Waals surface area contributed by atoms with Gasteiger partial charge in [-0.1, -0.05) is 24.3 Å². The molecular weight excluding hydrogens is 456 g/mol. The monoisotopic (exact) mass is 484 g/mol. The summed E-state index contributed by atoms with van der Waals surface area (Å²) in [5.41, 5.74) is 2.66. The van der Waals surface area contributed by atoms with Crippen LogP contribution in [0.4, 0.5) is 0 Å². The van der Waals surface area contributed by atoms with E-state index < -0.39 is 10.0 Å². The van der Waals surface area contributed by atoms with E-state index in [4.69, 9.17) is 5.10 Å². The topological polar surface area (TPSA) is 75.5 Å². The average molecular weight is 485 g/mol. The first-order valence-corrected chi connectivity index (χ1v) is 13.5. The first-order valence-electron chi connectivity index (χ1n) is 11.0. The Balaban J connectivity index is 1.48. The second-order valence-corrected chi connectivity index (χ2v) is 11.3. The van der Waals surface area contributed by atoms with Gasteiger partial charge >= 0.3 is 0 Å². The van der Waals surface area contributed by atoms with E-state index in [2.05, 4.69) is 0 Å². The molecule has 1 aliphatic heterocycles. The standard InChI is InChI=1S/C24H28N4O3S2/c1-3-33(30,31)26(2)20-13-15-27(16-14-20)23(29)12-11-19-18-28(21-8-5-4-6-9-21)25-24(19)22-10-7-17-32-22/h4-12,17-18,20H,3,13-16H2,1-2H3/b12-11+. The molecule has 0 atom stereocenters. The quantitative estimate of drug-likeness (QED) is 0.477. The molecular formula is C24H28N4O3S2. The summed E-state index contributed by atoms with van der Waals surface area (Å²) in [5, 5.41) is 6.77. The summed E-state index contributed by atoms with van der Waals surface area (Å²) in [6.45, 7) is 2.73. The van der Waals surface area contributed by atoms with Crippen molar-refractivity contribution in [3.8, 4) is 16.3 Å². The van der Waals surface area contributed by atoms with E-state index in [1.165, 1.54) is 4.31 Å². The number of aromatic nitrogens is 2. The lowest BCUT2D eigenvalue weighted by molar-refractivity contribution is -0.127. The summed E-state index contributed by atoms with van der Waals surface area (Å²) >= 11 is 1.61. The molecule has 1 saturated heterocycles. The highest BCUT2D eigenvalue weighted by Gasteiger charge is 2.29. The Bertz CT molecular complexity index is 1210. The van der Waals surface area contributed by atoms with Crippen LogP contribution in [0.15, 0.2) is 60.1 Å². The number of piperidine rings is 1. The lowest BCUT2D eigenvalue weighted by Crippen LogP contribution is -2.47. The first-order chi connectivity index (χ1) is 15.9. The number of carbonyl (C=O) groups is 1. The van der Waals surface area contributed by atoms with Gasteiger partial charge in [0.25, 0.3) is 0 Å². The van der Waals surface area contributed by atoms with Crippen molar-refractivity contribution in [3.63, 3.8) is 0 Å². The third kappa shape index (κ3) is 5.26. The summed E-state index contributed by atoms with van der Waals surface area (Å²) in [4.78, 5) is 15.7. The van der Waals surface area contributed by atoms with Gasteiger partial charge in [0.2, 0.25) is 15.9 Å². The second kappa shape index (κ2) is 10.0. The maximum Gasteiger partial charge on any atom is 0.246 e. The number of carbonyl (C=O) groups excluding carboxylic acids is 1. The molecule has 33 heavy (non-hydrogen) atoms. The van der Waals surface area contributed by atoms with Gasteiger partial charge in [-0.15, -0.1) is 11.3 Å².